The van der Waals surface area contributed by atoms with E-state index in [-0.39, 0.29) is 12.5 Å². The van der Waals surface area contributed by atoms with Crippen molar-refractivity contribution in [3.63, 3.8) is 0 Å². The minimum absolute atomic E-state index is 0.263. The summed E-state index contributed by atoms with van der Waals surface area (Å²) in [5.74, 6) is -1.17. The van der Waals surface area contributed by atoms with Gasteiger partial charge in [-0.2, -0.15) is 0 Å². The van der Waals surface area contributed by atoms with Crippen LogP contribution in [0.15, 0.2) is 0 Å². The molecule has 0 aliphatic rings. The zero-order chi connectivity index (χ0) is 35.3. The Morgan fingerprint density at radius 1 is 0.521 bits per heavy atom. The summed E-state index contributed by atoms with van der Waals surface area (Å²) in [6.45, 7) is 7.16. The standard InChI is InChI=1S/C42H81NO5/c1-4-5-6-7-8-9-10-11-12-13-14-17-20-23-26-29-32-35-40(44)43-39(37-41(45)46)42(47)48-36-33-30-27-24-21-18-15-16-19-22-25-28-31-34-38(2)3/h38-39H,4-37H2,1-3H3,(H,43,44)(H,45,46)/t39-/m0/s1. The van der Waals surface area contributed by atoms with Crippen LogP contribution in [-0.4, -0.2) is 35.6 Å². The van der Waals surface area contributed by atoms with Crippen LogP contribution >= 0.6 is 0 Å². The number of carboxylic acid groups (broad SMARTS) is 1. The monoisotopic (exact) mass is 680 g/mol. The lowest BCUT2D eigenvalue weighted by molar-refractivity contribution is -0.151. The fourth-order valence-corrected chi connectivity index (χ4v) is 6.52. The lowest BCUT2D eigenvalue weighted by Gasteiger charge is -2.16. The zero-order valence-corrected chi connectivity index (χ0v) is 32.3. The molecule has 0 saturated heterocycles. The smallest absolute Gasteiger partial charge is 0.329 e. The number of hydrogen-bond acceptors (Lipinski definition) is 4. The van der Waals surface area contributed by atoms with Crippen molar-refractivity contribution in [2.75, 3.05) is 6.61 Å². The molecule has 0 saturated carbocycles. The first-order valence-corrected chi connectivity index (χ1v) is 21.0. The summed E-state index contributed by atoms with van der Waals surface area (Å²) >= 11 is 0. The number of carboxylic acids is 1. The van der Waals surface area contributed by atoms with Gasteiger partial charge < -0.3 is 15.2 Å². The van der Waals surface area contributed by atoms with E-state index < -0.39 is 24.4 Å². The molecule has 0 aromatic rings. The molecule has 0 bridgehead atoms. The van der Waals surface area contributed by atoms with Crippen molar-refractivity contribution in [3.8, 4) is 0 Å². The Hall–Kier alpha value is -1.59. The number of esters is 1. The topological polar surface area (TPSA) is 92.7 Å². The number of aliphatic carboxylic acids is 1. The summed E-state index contributed by atoms with van der Waals surface area (Å²) in [7, 11) is 0. The number of amides is 1. The maximum absolute atomic E-state index is 12.5. The van der Waals surface area contributed by atoms with E-state index >= 15 is 0 Å². The molecule has 0 spiro atoms. The maximum Gasteiger partial charge on any atom is 0.329 e. The van der Waals surface area contributed by atoms with Crippen LogP contribution in [0.4, 0.5) is 0 Å². The minimum atomic E-state index is -1.11. The Kier molecular flexibility index (Phi) is 35.5. The number of carbonyl (C=O) groups is 3. The average Bonchev–Trinajstić information content (AvgIpc) is 3.05. The molecule has 0 aromatic carbocycles. The SMILES string of the molecule is CCCCCCCCCCCCCCCCCCCC(=O)N[C@@H](CC(=O)O)C(=O)OCCCCCCCCCCCCCCCC(C)C. The highest BCUT2D eigenvalue weighted by molar-refractivity contribution is 5.87. The lowest BCUT2D eigenvalue weighted by atomic mass is 10.0. The van der Waals surface area contributed by atoms with Crippen molar-refractivity contribution in [2.24, 2.45) is 5.92 Å². The van der Waals surface area contributed by atoms with Gasteiger partial charge in [0.15, 0.2) is 0 Å². The van der Waals surface area contributed by atoms with Crippen LogP contribution in [0.25, 0.3) is 0 Å². The van der Waals surface area contributed by atoms with Gasteiger partial charge in [0.1, 0.15) is 6.04 Å². The number of rotatable bonds is 38. The van der Waals surface area contributed by atoms with Crippen LogP contribution in [0, 0.1) is 5.92 Å². The van der Waals surface area contributed by atoms with Crippen molar-refractivity contribution in [1.29, 1.82) is 0 Å². The molecule has 1 atom stereocenters. The predicted molar refractivity (Wildman–Crippen MR) is 203 cm³/mol. The van der Waals surface area contributed by atoms with Crippen LogP contribution in [0.2, 0.25) is 0 Å². The molecule has 284 valence electrons. The predicted octanol–water partition coefficient (Wildman–Crippen LogP) is 12.6. The van der Waals surface area contributed by atoms with Gasteiger partial charge in [-0.15, -0.1) is 0 Å². The summed E-state index contributed by atoms with van der Waals surface area (Å²) in [6, 6.07) is -1.11. The van der Waals surface area contributed by atoms with Gasteiger partial charge in [-0.3, -0.25) is 9.59 Å². The second kappa shape index (κ2) is 36.7. The quantitative estimate of drug-likeness (QED) is 0.0500. The second-order valence-corrected chi connectivity index (χ2v) is 15.1. The molecule has 6 nitrogen and oxygen atoms in total. The number of carbonyl (C=O) groups excluding carboxylic acids is 2. The maximum atomic E-state index is 12.5. The van der Waals surface area contributed by atoms with Gasteiger partial charge in [-0.05, 0) is 18.8 Å². The first-order valence-electron chi connectivity index (χ1n) is 21.0. The molecule has 0 aromatic heterocycles. The molecule has 6 heteroatoms. The Balaban J connectivity index is 3.70. The van der Waals surface area contributed by atoms with E-state index in [2.05, 4.69) is 26.1 Å². The molecule has 0 fully saturated rings. The summed E-state index contributed by atoms with van der Waals surface area (Å²) < 4.78 is 5.35. The number of nitrogens with one attached hydrogen (secondary N) is 1. The van der Waals surface area contributed by atoms with Gasteiger partial charge in [0.25, 0.3) is 0 Å². The first kappa shape index (κ1) is 46.4. The van der Waals surface area contributed by atoms with Crippen molar-refractivity contribution >= 4 is 17.8 Å². The fourth-order valence-electron chi connectivity index (χ4n) is 6.52. The van der Waals surface area contributed by atoms with E-state index in [0.717, 1.165) is 44.4 Å². The Morgan fingerprint density at radius 2 is 0.875 bits per heavy atom. The highest BCUT2D eigenvalue weighted by Gasteiger charge is 2.25. The normalized spacial score (nSPS) is 12.0. The van der Waals surface area contributed by atoms with Crippen LogP contribution in [0.5, 0.6) is 0 Å². The van der Waals surface area contributed by atoms with Crippen LogP contribution < -0.4 is 5.32 Å². The van der Waals surface area contributed by atoms with Gasteiger partial charge in [-0.25, -0.2) is 4.79 Å². The minimum Gasteiger partial charge on any atom is -0.481 e. The van der Waals surface area contributed by atoms with E-state index in [9.17, 15) is 19.5 Å². The van der Waals surface area contributed by atoms with E-state index in [1.165, 1.54) is 161 Å². The number of ether oxygens (including phenoxy) is 1. The highest BCUT2D eigenvalue weighted by atomic mass is 16.5. The van der Waals surface area contributed by atoms with Crippen LogP contribution in [0.3, 0.4) is 0 Å². The lowest BCUT2D eigenvalue weighted by Crippen LogP contribution is -2.43. The highest BCUT2D eigenvalue weighted by Crippen LogP contribution is 2.16. The second-order valence-electron chi connectivity index (χ2n) is 15.1. The van der Waals surface area contributed by atoms with Gasteiger partial charge in [0, 0.05) is 6.42 Å². The summed E-state index contributed by atoms with van der Waals surface area (Å²) in [6.07, 6.45) is 39.4. The molecule has 0 unspecified atom stereocenters. The van der Waals surface area contributed by atoms with Crippen molar-refractivity contribution in [1.82, 2.24) is 5.32 Å². The fraction of sp³-hybridized carbons (Fsp3) is 0.929. The largest absolute Gasteiger partial charge is 0.481 e. The average molecular weight is 680 g/mol. The Labute approximate surface area is 298 Å². The molecule has 0 rings (SSSR count). The molecular weight excluding hydrogens is 598 g/mol. The molecule has 0 heterocycles. The van der Waals surface area contributed by atoms with Crippen molar-refractivity contribution in [2.45, 2.75) is 239 Å². The molecule has 48 heavy (non-hydrogen) atoms. The van der Waals surface area contributed by atoms with Gasteiger partial charge in [0.2, 0.25) is 5.91 Å². The first-order chi connectivity index (χ1) is 23.4. The molecular formula is C42H81NO5. The number of unbranched alkanes of at least 4 members (excludes halogenated alkanes) is 28. The molecule has 0 aliphatic heterocycles. The van der Waals surface area contributed by atoms with Crippen molar-refractivity contribution in [3.05, 3.63) is 0 Å². The van der Waals surface area contributed by atoms with E-state index in [1.807, 2.05) is 0 Å². The molecule has 0 aliphatic carbocycles. The van der Waals surface area contributed by atoms with Gasteiger partial charge in [-0.1, -0.05) is 207 Å². The zero-order valence-electron chi connectivity index (χ0n) is 32.3. The van der Waals surface area contributed by atoms with E-state index in [4.69, 9.17) is 4.74 Å². The molecule has 0 radical (unpaired) electrons. The Bertz CT molecular complexity index is 725. The van der Waals surface area contributed by atoms with E-state index in [0.29, 0.717) is 6.42 Å². The molecule has 2 N–H and O–H groups in total. The summed E-state index contributed by atoms with van der Waals surface area (Å²) in [4.78, 5) is 36.2. The number of hydrogen-bond donors (Lipinski definition) is 2. The third kappa shape index (κ3) is 35.7. The summed E-state index contributed by atoms with van der Waals surface area (Å²) in [5, 5.41) is 11.9. The van der Waals surface area contributed by atoms with Gasteiger partial charge in [0.05, 0.1) is 13.0 Å². The van der Waals surface area contributed by atoms with Crippen LogP contribution in [0.1, 0.15) is 233 Å². The van der Waals surface area contributed by atoms with Crippen molar-refractivity contribution < 1.29 is 24.2 Å². The summed E-state index contributed by atoms with van der Waals surface area (Å²) in [5.41, 5.74) is 0. The molecule has 1 amide bonds. The van der Waals surface area contributed by atoms with Gasteiger partial charge >= 0.3 is 11.9 Å². The third-order valence-corrected chi connectivity index (χ3v) is 9.68. The van der Waals surface area contributed by atoms with E-state index in [1.54, 1.807) is 0 Å². The Morgan fingerprint density at radius 3 is 1.25 bits per heavy atom. The third-order valence-electron chi connectivity index (χ3n) is 9.68. The van der Waals surface area contributed by atoms with Crippen LogP contribution in [-0.2, 0) is 19.1 Å².